The molecule has 0 aromatic carbocycles. The Morgan fingerprint density at radius 3 is 0.861 bits per heavy atom. The van der Waals surface area contributed by atoms with Crippen LogP contribution in [0.4, 0.5) is 0 Å². The predicted molar refractivity (Wildman–Crippen MR) is 347 cm³/mol. The molecule has 0 saturated heterocycles. The lowest BCUT2D eigenvalue weighted by Gasteiger charge is -2.20. The Labute approximate surface area is 495 Å². The molecule has 1 amide bonds. The van der Waals surface area contributed by atoms with Crippen LogP contribution in [0.1, 0.15) is 418 Å². The van der Waals surface area contributed by atoms with Crippen molar-refractivity contribution in [3.8, 4) is 0 Å². The summed E-state index contributed by atoms with van der Waals surface area (Å²) in [5.74, 6) is -0.0394. The van der Waals surface area contributed by atoms with E-state index in [1.165, 1.54) is 353 Å². The van der Waals surface area contributed by atoms with E-state index < -0.39 is 12.1 Å². The molecule has 0 bridgehead atoms. The fourth-order valence-electron chi connectivity index (χ4n) is 11.8. The maximum absolute atomic E-state index is 12.5. The summed E-state index contributed by atoms with van der Waals surface area (Å²) < 4.78 is 5.51. The minimum atomic E-state index is -0.843. The molecule has 2 atom stereocenters. The molecule has 0 fully saturated rings. The van der Waals surface area contributed by atoms with Crippen molar-refractivity contribution in [2.24, 2.45) is 0 Å². The molecule has 6 nitrogen and oxygen atoms in total. The molecule has 0 heterocycles. The predicted octanol–water partition coefficient (Wildman–Crippen LogP) is 23.5. The normalized spacial score (nSPS) is 12.5. The van der Waals surface area contributed by atoms with Crippen LogP contribution in [-0.2, 0) is 14.3 Å². The Hall–Kier alpha value is -1.40. The van der Waals surface area contributed by atoms with Gasteiger partial charge in [0.05, 0.1) is 25.4 Å². The number of esters is 1. The number of hydrogen-bond acceptors (Lipinski definition) is 5. The van der Waals surface area contributed by atoms with Gasteiger partial charge in [-0.3, -0.25) is 9.59 Å². The second kappa shape index (κ2) is 69.1. The van der Waals surface area contributed by atoms with Crippen LogP contribution < -0.4 is 5.32 Å². The Balaban J connectivity index is 3.36. The van der Waals surface area contributed by atoms with Gasteiger partial charge in [-0.2, -0.15) is 0 Å². The highest BCUT2D eigenvalue weighted by Crippen LogP contribution is 2.19. The highest BCUT2D eigenvalue weighted by Gasteiger charge is 2.18. The first-order valence-corrected chi connectivity index (χ1v) is 36.5. The maximum Gasteiger partial charge on any atom is 0.305 e. The molecule has 0 aromatic heterocycles. The molecule has 0 rings (SSSR count). The molecule has 0 aromatic rings. The van der Waals surface area contributed by atoms with Crippen LogP contribution in [-0.4, -0.2) is 47.4 Å². The summed E-state index contributed by atoms with van der Waals surface area (Å²) in [6.07, 6.45) is 85.8. The van der Waals surface area contributed by atoms with Crippen molar-refractivity contribution in [3.05, 3.63) is 12.2 Å². The average molecular weight is 1110 g/mol. The van der Waals surface area contributed by atoms with E-state index in [0.717, 1.165) is 38.5 Å². The molecule has 470 valence electrons. The standard InChI is InChI=1S/C73H143NO5/c1-3-5-7-9-11-13-15-17-19-21-30-34-37-41-45-49-53-57-61-65-71(76)70(69-75)74-72(77)66-62-58-54-50-46-42-38-35-31-28-26-24-22-23-25-27-29-32-36-40-44-48-52-56-60-64-68-79-73(78)67-63-59-55-51-47-43-39-33-20-18-16-14-12-10-8-6-4-2/h61,65,70-71,75-76H,3-60,62-64,66-69H2,1-2H3,(H,74,77)/b65-61+. The summed E-state index contributed by atoms with van der Waals surface area (Å²) in [5.41, 5.74) is 0. The van der Waals surface area contributed by atoms with Gasteiger partial charge in [-0.05, 0) is 32.1 Å². The van der Waals surface area contributed by atoms with Gasteiger partial charge in [-0.25, -0.2) is 0 Å². The van der Waals surface area contributed by atoms with E-state index in [-0.39, 0.29) is 18.5 Å². The summed E-state index contributed by atoms with van der Waals surface area (Å²) in [7, 11) is 0. The first-order chi connectivity index (χ1) is 39.0. The van der Waals surface area contributed by atoms with Gasteiger partial charge < -0.3 is 20.3 Å². The fourth-order valence-corrected chi connectivity index (χ4v) is 11.8. The minimum absolute atomic E-state index is 0.0220. The third kappa shape index (κ3) is 65.6. The molecule has 0 radical (unpaired) electrons. The largest absolute Gasteiger partial charge is 0.466 e. The van der Waals surface area contributed by atoms with Crippen LogP contribution in [0.15, 0.2) is 12.2 Å². The van der Waals surface area contributed by atoms with E-state index >= 15 is 0 Å². The van der Waals surface area contributed by atoms with Crippen molar-refractivity contribution < 1.29 is 24.5 Å². The van der Waals surface area contributed by atoms with Crippen LogP contribution in [0, 0.1) is 0 Å². The van der Waals surface area contributed by atoms with Crippen molar-refractivity contribution >= 4 is 11.9 Å². The van der Waals surface area contributed by atoms with E-state index in [2.05, 4.69) is 19.2 Å². The van der Waals surface area contributed by atoms with Gasteiger partial charge in [0.1, 0.15) is 0 Å². The molecular weight excluding hydrogens is 971 g/mol. The number of carbonyl (C=O) groups excluding carboxylic acids is 2. The van der Waals surface area contributed by atoms with Crippen molar-refractivity contribution in [2.75, 3.05) is 13.2 Å². The summed E-state index contributed by atoms with van der Waals surface area (Å²) >= 11 is 0. The maximum atomic E-state index is 12.5. The zero-order chi connectivity index (χ0) is 57.1. The number of aliphatic hydroxyl groups excluding tert-OH is 2. The number of nitrogens with one attached hydrogen (secondary N) is 1. The number of carbonyl (C=O) groups is 2. The Kier molecular flexibility index (Phi) is 67.9. The van der Waals surface area contributed by atoms with Crippen molar-refractivity contribution in [3.63, 3.8) is 0 Å². The molecule has 0 aliphatic carbocycles. The number of amides is 1. The Morgan fingerprint density at radius 1 is 0.342 bits per heavy atom. The zero-order valence-electron chi connectivity index (χ0n) is 53.9. The summed E-state index contributed by atoms with van der Waals surface area (Å²) in [6.45, 7) is 4.96. The van der Waals surface area contributed by atoms with Crippen LogP contribution in [0.25, 0.3) is 0 Å². The lowest BCUT2D eigenvalue weighted by atomic mass is 10.0. The number of hydrogen-bond donors (Lipinski definition) is 3. The van der Waals surface area contributed by atoms with Gasteiger partial charge in [0.2, 0.25) is 5.91 Å². The number of ether oxygens (including phenoxy) is 1. The van der Waals surface area contributed by atoms with E-state index in [4.69, 9.17) is 4.74 Å². The molecule has 0 aliphatic heterocycles. The number of allylic oxidation sites excluding steroid dienone is 1. The van der Waals surface area contributed by atoms with E-state index in [9.17, 15) is 19.8 Å². The lowest BCUT2D eigenvalue weighted by Crippen LogP contribution is -2.45. The van der Waals surface area contributed by atoms with E-state index in [0.29, 0.717) is 19.4 Å². The summed E-state index contributed by atoms with van der Waals surface area (Å²) in [6, 6.07) is -0.626. The molecule has 0 saturated carbocycles. The van der Waals surface area contributed by atoms with Gasteiger partial charge in [-0.1, -0.05) is 386 Å². The smallest absolute Gasteiger partial charge is 0.305 e. The first kappa shape index (κ1) is 77.6. The van der Waals surface area contributed by atoms with Crippen LogP contribution in [0.2, 0.25) is 0 Å². The van der Waals surface area contributed by atoms with Gasteiger partial charge in [0, 0.05) is 12.8 Å². The van der Waals surface area contributed by atoms with Crippen molar-refractivity contribution in [1.29, 1.82) is 0 Å². The van der Waals surface area contributed by atoms with Crippen LogP contribution in [0.3, 0.4) is 0 Å². The Bertz CT molecular complexity index is 1190. The van der Waals surface area contributed by atoms with Crippen molar-refractivity contribution in [2.45, 2.75) is 431 Å². The third-order valence-electron chi connectivity index (χ3n) is 17.3. The van der Waals surface area contributed by atoms with E-state index in [1.54, 1.807) is 6.08 Å². The summed E-state index contributed by atoms with van der Waals surface area (Å²) in [5, 5.41) is 23.2. The second-order valence-corrected chi connectivity index (χ2v) is 25.3. The number of unbranched alkanes of at least 4 members (excludes halogenated alkanes) is 58. The molecule has 79 heavy (non-hydrogen) atoms. The molecule has 2 unspecified atom stereocenters. The average Bonchev–Trinajstić information content (AvgIpc) is 3.45. The van der Waals surface area contributed by atoms with Crippen LogP contribution >= 0.6 is 0 Å². The van der Waals surface area contributed by atoms with Gasteiger partial charge in [-0.15, -0.1) is 0 Å². The topological polar surface area (TPSA) is 95.9 Å². The van der Waals surface area contributed by atoms with Gasteiger partial charge in [0.15, 0.2) is 0 Å². The second-order valence-electron chi connectivity index (χ2n) is 25.3. The monoisotopic (exact) mass is 1110 g/mol. The molecule has 6 heteroatoms. The first-order valence-electron chi connectivity index (χ1n) is 36.5. The lowest BCUT2D eigenvalue weighted by molar-refractivity contribution is -0.143. The zero-order valence-corrected chi connectivity index (χ0v) is 53.9. The third-order valence-corrected chi connectivity index (χ3v) is 17.3. The quantitative estimate of drug-likeness (QED) is 0.0320. The van der Waals surface area contributed by atoms with Crippen molar-refractivity contribution in [1.82, 2.24) is 5.32 Å². The van der Waals surface area contributed by atoms with Crippen LogP contribution in [0.5, 0.6) is 0 Å². The summed E-state index contributed by atoms with van der Waals surface area (Å²) in [4.78, 5) is 24.6. The molecule has 3 N–H and O–H groups in total. The SMILES string of the molecule is CCCCCCCCCCCCCCCCCCC/C=C/C(O)C(CO)NC(=O)CCCCCCCCCCCCCCCCCCCCCCCCCCCCOC(=O)CCCCCCCCCCCCCCCCCCC. The van der Waals surface area contributed by atoms with Gasteiger partial charge in [0.25, 0.3) is 0 Å². The Morgan fingerprint density at radius 2 is 0.582 bits per heavy atom. The highest BCUT2D eigenvalue weighted by molar-refractivity contribution is 5.76. The number of aliphatic hydroxyl groups is 2. The fraction of sp³-hybridized carbons (Fsp3) is 0.945. The minimum Gasteiger partial charge on any atom is -0.466 e. The molecule has 0 aliphatic rings. The molecular formula is C73H143NO5. The number of rotatable bonds is 69. The highest BCUT2D eigenvalue weighted by atomic mass is 16.5. The van der Waals surface area contributed by atoms with E-state index in [1.807, 2.05) is 6.08 Å². The molecule has 0 spiro atoms. The van der Waals surface area contributed by atoms with Gasteiger partial charge >= 0.3 is 5.97 Å².